The maximum absolute atomic E-state index is 11.8. The van der Waals surface area contributed by atoms with Crippen LogP contribution in [0.5, 0.6) is 5.75 Å². The van der Waals surface area contributed by atoms with E-state index in [0.29, 0.717) is 19.6 Å². The van der Waals surface area contributed by atoms with Gasteiger partial charge in [0, 0.05) is 18.2 Å². The molecule has 0 fully saturated rings. The molecule has 5 nitrogen and oxygen atoms in total. The van der Waals surface area contributed by atoms with Crippen LogP contribution >= 0.6 is 0 Å². The van der Waals surface area contributed by atoms with Crippen LogP contribution in [0.4, 0.5) is 5.69 Å². The Morgan fingerprint density at radius 1 is 1.12 bits per heavy atom. The van der Waals surface area contributed by atoms with Gasteiger partial charge in [-0.05, 0) is 42.3 Å². The number of rotatable bonds is 8. The van der Waals surface area contributed by atoms with E-state index >= 15 is 0 Å². The zero-order chi connectivity index (χ0) is 17.4. The Morgan fingerprint density at radius 2 is 1.83 bits per heavy atom. The van der Waals surface area contributed by atoms with Gasteiger partial charge in [0.15, 0.2) is 0 Å². The average molecular weight is 328 g/mol. The fraction of sp³-hybridized carbons (Fsp3) is 0.316. The van der Waals surface area contributed by atoms with Crippen LogP contribution in [0.25, 0.3) is 0 Å². The van der Waals surface area contributed by atoms with Gasteiger partial charge in [-0.3, -0.25) is 4.79 Å². The van der Waals surface area contributed by atoms with Crippen LogP contribution in [0.15, 0.2) is 48.5 Å². The van der Waals surface area contributed by atoms with Crippen molar-refractivity contribution in [3.8, 4) is 5.75 Å². The Bertz CT molecular complexity index is 654. The molecular formula is C19H24N2O3. The summed E-state index contributed by atoms with van der Waals surface area (Å²) in [6.07, 6.45) is 0.304. The molecule has 0 aromatic heterocycles. The molecule has 24 heavy (non-hydrogen) atoms. The van der Waals surface area contributed by atoms with Gasteiger partial charge in [-0.15, -0.1) is 0 Å². The summed E-state index contributed by atoms with van der Waals surface area (Å²) in [7, 11) is 1.64. The zero-order valence-electron chi connectivity index (χ0n) is 14.1. The van der Waals surface area contributed by atoms with Gasteiger partial charge in [-0.2, -0.15) is 0 Å². The molecule has 1 amide bonds. The lowest BCUT2D eigenvalue weighted by molar-refractivity contribution is -0.116. The van der Waals surface area contributed by atoms with Crippen LogP contribution in [0.2, 0.25) is 0 Å². The van der Waals surface area contributed by atoms with Gasteiger partial charge in [0.2, 0.25) is 5.91 Å². The second-order valence-corrected chi connectivity index (χ2v) is 5.77. The molecule has 1 unspecified atom stereocenters. The first-order chi connectivity index (χ1) is 11.6. The minimum atomic E-state index is -0.152. The lowest BCUT2D eigenvalue weighted by Gasteiger charge is -2.10. The number of nitrogens with one attached hydrogen (secondary N) is 1. The van der Waals surface area contributed by atoms with Crippen LogP contribution in [-0.2, 0) is 22.7 Å². The van der Waals surface area contributed by atoms with Crippen molar-refractivity contribution in [3.05, 3.63) is 59.7 Å². The van der Waals surface area contributed by atoms with Crippen LogP contribution in [0.3, 0.4) is 0 Å². The van der Waals surface area contributed by atoms with Crippen molar-refractivity contribution in [1.82, 2.24) is 0 Å². The van der Waals surface area contributed by atoms with E-state index < -0.39 is 0 Å². The zero-order valence-corrected chi connectivity index (χ0v) is 14.1. The minimum Gasteiger partial charge on any atom is -0.497 e. The third kappa shape index (κ3) is 6.02. The largest absolute Gasteiger partial charge is 0.497 e. The third-order valence-corrected chi connectivity index (χ3v) is 3.41. The van der Waals surface area contributed by atoms with E-state index in [1.165, 1.54) is 0 Å². The molecule has 0 radical (unpaired) electrons. The number of methoxy groups -OCH3 is 1. The summed E-state index contributed by atoms with van der Waals surface area (Å²) in [5.41, 5.74) is 8.47. The van der Waals surface area contributed by atoms with E-state index in [2.05, 4.69) is 5.32 Å². The highest BCUT2D eigenvalue weighted by atomic mass is 16.5. The van der Waals surface area contributed by atoms with Gasteiger partial charge in [0.05, 0.1) is 20.3 Å². The molecule has 3 N–H and O–H groups in total. The fourth-order valence-electron chi connectivity index (χ4n) is 2.25. The number of amides is 1. The van der Waals surface area contributed by atoms with Crippen LogP contribution in [0, 0.1) is 0 Å². The Morgan fingerprint density at radius 3 is 2.50 bits per heavy atom. The number of hydrogen-bond acceptors (Lipinski definition) is 4. The molecule has 0 aliphatic heterocycles. The Labute approximate surface area is 142 Å². The number of carbonyl (C=O) groups is 1. The molecule has 0 saturated carbocycles. The summed E-state index contributed by atoms with van der Waals surface area (Å²) >= 11 is 0. The molecule has 0 spiro atoms. The van der Waals surface area contributed by atoms with E-state index in [0.717, 1.165) is 22.6 Å². The topological polar surface area (TPSA) is 73.6 Å². The van der Waals surface area contributed by atoms with Crippen molar-refractivity contribution >= 4 is 11.6 Å². The molecule has 5 heteroatoms. The molecule has 0 saturated heterocycles. The van der Waals surface area contributed by atoms with Gasteiger partial charge < -0.3 is 20.5 Å². The number of ether oxygens (including phenoxy) is 2. The van der Waals surface area contributed by atoms with Crippen molar-refractivity contribution in [2.75, 3.05) is 12.4 Å². The third-order valence-electron chi connectivity index (χ3n) is 3.41. The second kappa shape index (κ2) is 9.05. The van der Waals surface area contributed by atoms with Crippen LogP contribution in [0.1, 0.15) is 24.5 Å². The number of nitrogens with two attached hydrogens (primary N) is 1. The highest BCUT2D eigenvalue weighted by Gasteiger charge is 2.06. The first kappa shape index (κ1) is 18.0. The van der Waals surface area contributed by atoms with Crippen LogP contribution < -0.4 is 15.8 Å². The SMILES string of the molecule is COc1ccc(COCc2cccc(NC(=O)CC(C)N)c2)cc1. The maximum Gasteiger partial charge on any atom is 0.225 e. The van der Waals surface area contributed by atoms with Gasteiger partial charge in [-0.25, -0.2) is 0 Å². The number of benzene rings is 2. The Balaban J connectivity index is 1.84. The van der Waals surface area contributed by atoms with Crippen molar-refractivity contribution < 1.29 is 14.3 Å². The Hall–Kier alpha value is -2.37. The summed E-state index contributed by atoms with van der Waals surface area (Å²) in [6, 6.07) is 15.2. The molecule has 0 aliphatic carbocycles. The number of hydrogen-bond donors (Lipinski definition) is 2. The molecule has 128 valence electrons. The molecule has 2 aromatic carbocycles. The van der Waals surface area contributed by atoms with Crippen molar-refractivity contribution in [2.45, 2.75) is 32.6 Å². The highest BCUT2D eigenvalue weighted by Crippen LogP contribution is 2.15. The summed E-state index contributed by atoms with van der Waals surface area (Å²) in [4.78, 5) is 11.8. The summed E-state index contributed by atoms with van der Waals surface area (Å²) in [6.45, 7) is 2.80. The van der Waals surface area contributed by atoms with E-state index in [-0.39, 0.29) is 11.9 Å². The monoisotopic (exact) mass is 328 g/mol. The molecule has 1 atom stereocenters. The van der Waals surface area contributed by atoms with Gasteiger partial charge in [-0.1, -0.05) is 24.3 Å². The highest BCUT2D eigenvalue weighted by molar-refractivity contribution is 5.91. The predicted octanol–water partition coefficient (Wildman–Crippen LogP) is 3.09. The van der Waals surface area contributed by atoms with Gasteiger partial charge in [0.1, 0.15) is 5.75 Å². The smallest absolute Gasteiger partial charge is 0.225 e. The Kier molecular flexibility index (Phi) is 6.78. The van der Waals surface area contributed by atoms with Crippen molar-refractivity contribution in [3.63, 3.8) is 0 Å². The van der Waals surface area contributed by atoms with Gasteiger partial charge in [0.25, 0.3) is 0 Å². The standard InChI is InChI=1S/C19H24N2O3/c1-14(20)10-19(22)21-17-5-3-4-16(11-17)13-24-12-15-6-8-18(23-2)9-7-15/h3-9,11,14H,10,12-13,20H2,1-2H3,(H,21,22). The summed E-state index contributed by atoms with van der Waals surface area (Å²) < 4.78 is 10.9. The van der Waals surface area contributed by atoms with Crippen molar-refractivity contribution in [1.29, 1.82) is 0 Å². The first-order valence-corrected chi connectivity index (χ1v) is 7.92. The summed E-state index contributed by atoms with van der Waals surface area (Å²) in [5, 5.41) is 2.85. The van der Waals surface area contributed by atoms with E-state index in [1.54, 1.807) is 7.11 Å². The fourth-order valence-corrected chi connectivity index (χ4v) is 2.25. The van der Waals surface area contributed by atoms with Crippen LogP contribution in [-0.4, -0.2) is 19.1 Å². The lowest BCUT2D eigenvalue weighted by Crippen LogP contribution is -2.23. The normalized spacial score (nSPS) is 11.8. The molecule has 2 aromatic rings. The molecule has 0 heterocycles. The van der Waals surface area contributed by atoms with Crippen molar-refractivity contribution in [2.24, 2.45) is 5.73 Å². The van der Waals surface area contributed by atoms with E-state index in [9.17, 15) is 4.79 Å². The van der Waals surface area contributed by atoms with E-state index in [1.807, 2.05) is 55.5 Å². The minimum absolute atomic E-state index is 0.0821. The van der Waals surface area contributed by atoms with E-state index in [4.69, 9.17) is 15.2 Å². The molecular weight excluding hydrogens is 304 g/mol. The number of carbonyl (C=O) groups excluding carboxylic acids is 1. The lowest BCUT2D eigenvalue weighted by atomic mass is 10.2. The maximum atomic E-state index is 11.8. The first-order valence-electron chi connectivity index (χ1n) is 7.92. The second-order valence-electron chi connectivity index (χ2n) is 5.77. The summed E-state index contributed by atoms with van der Waals surface area (Å²) in [5.74, 6) is 0.746. The molecule has 0 aliphatic rings. The number of anilines is 1. The van der Waals surface area contributed by atoms with Gasteiger partial charge >= 0.3 is 0 Å². The predicted molar refractivity (Wildman–Crippen MR) is 94.8 cm³/mol. The molecule has 0 bridgehead atoms. The molecule has 2 rings (SSSR count). The quantitative estimate of drug-likeness (QED) is 0.781. The average Bonchev–Trinajstić information content (AvgIpc) is 2.55.